The molecule has 0 radical (unpaired) electrons. The molecule has 0 aromatic heterocycles. The molecule has 0 bridgehead atoms. The highest BCUT2D eigenvalue weighted by molar-refractivity contribution is 14.1. The number of fused-ring (bicyclic) bond motifs is 3. The summed E-state index contributed by atoms with van der Waals surface area (Å²) in [5, 5.41) is 0. The lowest BCUT2D eigenvalue weighted by atomic mass is 9.78. The van der Waals surface area contributed by atoms with Gasteiger partial charge in [-0.05, 0) is 57.4 Å². The van der Waals surface area contributed by atoms with Crippen molar-refractivity contribution in [3.63, 3.8) is 0 Å². The van der Waals surface area contributed by atoms with E-state index in [1.165, 1.54) is 103 Å². The second kappa shape index (κ2) is 9.75. The van der Waals surface area contributed by atoms with Crippen LogP contribution in [0.25, 0.3) is 0 Å². The summed E-state index contributed by atoms with van der Waals surface area (Å²) in [5.41, 5.74) is 0. The van der Waals surface area contributed by atoms with E-state index >= 15 is 0 Å². The summed E-state index contributed by atoms with van der Waals surface area (Å²) >= 11 is 2.76. The molecule has 1 nitrogen and oxygen atoms in total. The third kappa shape index (κ3) is 5.59. The Labute approximate surface area is 171 Å². The van der Waals surface area contributed by atoms with E-state index in [4.69, 9.17) is 0 Å². The minimum atomic E-state index is 0.545. The molecule has 146 valence electrons. The van der Waals surface area contributed by atoms with Gasteiger partial charge in [-0.25, -0.2) is 0 Å². The Morgan fingerprint density at radius 1 is 0.640 bits per heavy atom. The third-order valence-corrected chi connectivity index (χ3v) is 8.88. The minimum absolute atomic E-state index is 0.545. The summed E-state index contributed by atoms with van der Waals surface area (Å²) in [6.45, 7) is 2.51. The highest BCUT2D eigenvalue weighted by Crippen LogP contribution is 2.45. The van der Waals surface area contributed by atoms with Crippen LogP contribution in [0, 0.1) is 11.8 Å². The highest BCUT2D eigenvalue weighted by atomic mass is 127. The van der Waals surface area contributed by atoms with Crippen LogP contribution in [-0.4, -0.2) is 27.5 Å². The highest BCUT2D eigenvalue weighted by Gasteiger charge is 2.45. The van der Waals surface area contributed by atoms with Crippen LogP contribution in [0.3, 0.4) is 0 Å². The number of nitrogens with zero attached hydrogens (tertiary/aromatic N) is 1. The van der Waals surface area contributed by atoms with Gasteiger partial charge in [0.25, 0.3) is 0 Å². The van der Waals surface area contributed by atoms with Crippen LogP contribution >= 0.6 is 22.6 Å². The number of rotatable bonds is 0. The lowest BCUT2D eigenvalue weighted by molar-refractivity contribution is 0.192. The molecule has 0 spiro atoms. The minimum Gasteiger partial charge on any atom is -0.300 e. The monoisotopic (exact) mass is 459 g/mol. The van der Waals surface area contributed by atoms with Crippen molar-refractivity contribution in [2.24, 2.45) is 11.8 Å². The van der Waals surface area contributed by atoms with Crippen molar-refractivity contribution >= 4 is 22.6 Å². The molecule has 1 heterocycles. The molecule has 25 heavy (non-hydrogen) atoms. The van der Waals surface area contributed by atoms with Crippen LogP contribution in [0.5, 0.6) is 0 Å². The van der Waals surface area contributed by atoms with E-state index in [-0.39, 0.29) is 0 Å². The van der Waals surface area contributed by atoms with E-state index in [2.05, 4.69) is 41.5 Å². The smallest absolute Gasteiger partial charge is 0.0194 e. The van der Waals surface area contributed by atoms with Crippen molar-refractivity contribution in [3.05, 3.63) is 0 Å². The molecule has 3 rings (SSSR count). The Morgan fingerprint density at radius 3 is 1.72 bits per heavy atom. The van der Waals surface area contributed by atoms with Gasteiger partial charge in [0.05, 0.1) is 0 Å². The topological polar surface area (TPSA) is 3.24 Å². The van der Waals surface area contributed by atoms with E-state index in [9.17, 15) is 0 Å². The summed E-state index contributed by atoms with van der Waals surface area (Å²) < 4.78 is 0.545. The van der Waals surface area contributed by atoms with Crippen LogP contribution in [0.15, 0.2) is 0 Å². The maximum Gasteiger partial charge on any atom is 0.0194 e. The Bertz CT molecular complexity index is 394. The Kier molecular flexibility index (Phi) is 7.97. The van der Waals surface area contributed by atoms with E-state index in [0.29, 0.717) is 3.42 Å². The summed E-state index contributed by atoms with van der Waals surface area (Å²) in [6, 6.07) is 1.80. The van der Waals surface area contributed by atoms with Crippen LogP contribution in [-0.2, 0) is 0 Å². The fraction of sp³-hybridized carbons (Fsp3) is 1.00. The summed E-state index contributed by atoms with van der Waals surface area (Å²) in [6.07, 6.45) is 23.7. The molecule has 5 atom stereocenters. The maximum absolute atomic E-state index is 2.89. The molecule has 2 heteroatoms. The number of hydrogen-bond donors (Lipinski definition) is 0. The van der Waals surface area contributed by atoms with Gasteiger partial charge in [-0.2, -0.15) is 0 Å². The first-order valence-corrected chi connectivity index (χ1v) is 12.6. The number of likely N-dealkylation sites (tertiary alicyclic amines) is 1. The molecule has 0 aromatic rings. The van der Waals surface area contributed by atoms with Crippen molar-refractivity contribution in [1.29, 1.82) is 0 Å². The predicted octanol–water partition coefficient (Wildman–Crippen LogP) is 7.36. The van der Waals surface area contributed by atoms with E-state index < -0.39 is 0 Å². The van der Waals surface area contributed by atoms with Crippen molar-refractivity contribution in [3.8, 4) is 0 Å². The van der Waals surface area contributed by atoms with Crippen LogP contribution in [0.1, 0.15) is 110 Å². The van der Waals surface area contributed by atoms with Crippen molar-refractivity contribution in [2.45, 2.75) is 125 Å². The Morgan fingerprint density at radius 2 is 1.08 bits per heavy atom. The number of alkyl halides is 1. The van der Waals surface area contributed by atoms with Gasteiger partial charge >= 0.3 is 0 Å². The normalized spacial score (nSPS) is 42.8. The van der Waals surface area contributed by atoms with Gasteiger partial charge in [0, 0.05) is 15.5 Å². The average molecular weight is 460 g/mol. The first kappa shape index (κ1) is 20.4. The van der Waals surface area contributed by atoms with Crippen LogP contribution < -0.4 is 0 Å². The molecular formula is C23H42IN. The van der Waals surface area contributed by atoms with Gasteiger partial charge in [0.2, 0.25) is 0 Å². The van der Waals surface area contributed by atoms with Gasteiger partial charge in [0.15, 0.2) is 0 Å². The van der Waals surface area contributed by atoms with E-state index in [1.54, 1.807) is 0 Å². The first-order valence-electron chi connectivity index (χ1n) is 11.5. The first-order chi connectivity index (χ1) is 12.1. The fourth-order valence-corrected chi connectivity index (χ4v) is 7.13. The van der Waals surface area contributed by atoms with Gasteiger partial charge < -0.3 is 0 Å². The lowest BCUT2D eigenvalue weighted by Gasteiger charge is -2.30. The molecule has 0 aromatic carbocycles. The Balaban J connectivity index is 1.71. The molecule has 2 saturated carbocycles. The van der Waals surface area contributed by atoms with Crippen molar-refractivity contribution in [1.82, 2.24) is 4.90 Å². The van der Waals surface area contributed by atoms with E-state index in [1.807, 2.05) is 0 Å². The molecular weight excluding hydrogens is 417 g/mol. The van der Waals surface area contributed by atoms with Crippen molar-refractivity contribution < 1.29 is 0 Å². The molecule has 3 fully saturated rings. The van der Waals surface area contributed by atoms with Crippen molar-refractivity contribution in [2.75, 3.05) is 7.05 Å². The zero-order valence-corrected chi connectivity index (χ0v) is 19.1. The average Bonchev–Trinajstić information content (AvgIpc) is 2.87. The van der Waals surface area contributed by atoms with Gasteiger partial charge in [-0.1, -0.05) is 93.7 Å². The summed E-state index contributed by atoms with van der Waals surface area (Å²) in [4.78, 5) is 2.89. The van der Waals surface area contributed by atoms with Crippen LogP contribution in [0.2, 0.25) is 0 Å². The second-order valence-electron chi connectivity index (χ2n) is 9.73. The molecule has 2 aliphatic carbocycles. The van der Waals surface area contributed by atoms with Crippen LogP contribution in [0.4, 0.5) is 0 Å². The molecule has 0 amide bonds. The van der Waals surface area contributed by atoms with E-state index in [0.717, 1.165) is 23.9 Å². The largest absolute Gasteiger partial charge is 0.300 e. The second-order valence-corrected chi connectivity index (χ2v) is 12.3. The quantitative estimate of drug-likeness (QED) is 0.270. The zero-order valence-electron chi connectivity index (χ0n) is 16.9. The number of halogens is 1. The third-order valence-electron chi connectivity index (χ3n) is 7.81. The number of hydrogen-bond acceptors (Lipinski definition) is 1. The Hall–Kier alpha value is 0.690. The standard InChI is InChI=1S/C23H42IN/c1-23(24)17-11-7-6-9-14-20-19-13-8-4-3-5-10-15-21(19)25(2)22(20)16-12-18-23/h19-22H,3-18H2,1-2H3. The van der Waals surface area contributed by atoms with Gasteiger partial charge in [-0.15, -0.1) is 0 Å². The molecule has 1 saturated heterocycles. The molecule has 3 aliphatic rings. The molecule has 5 unspecified atom stereocenters. The predicted molar refractivity (Wildman–Crippen MR) is 119 cm³/mol. The maximum atomic E-state index is 2.89. The molecule has 1 aliphatic heterocycles. The summed E-state index contributed by atoms with van der Waals surface area (Å²) in [5.74, 6) is 2.02. The summed E-state index contributed by atoms with van der Waals surface area (Å²) in [7, 11) is 2.50. The van der Waals surface area contributed by atoms with Gasteiger partial charge in [0.1, 0.15) is 0 Å². The van der Waals surface area contributed by atoms with Gasteiger partial charge in [-0.3, -0.25) is 4.90 Å². The zero-order chi connectivity index (χ0) is 17.7. The SMILES string of the molecule is CN1C2CCCCCCCC2C2CCCCCCC(C)(I)CCCC21. The fourth-order valence-electron chi connectivity index (χ4n) is 6.36. The lowest BCUT2D eigenvalue weighted by Crippen LogP contribution is -2.35. The molecule has 0 N–H and O–H groups in total.